The van der Waals surface area contributed by atoms with E-state index in [1.165, 1.54) is 0 Å². The van der Waals surface area contributed by atoms with Crippen molar-refractivity contribution in [3.63, 3.8) is 0 Å². The number of hydrogen-bond donors (Lipinski definition) is 2. The Morgan fingerprint density at radius 2 is 1.73 bits per heavy atom. The third-order valence-electron chi connectivity index (χ3n) is 3.73. The topological polar surface area (TPSA) is 60.8 Å². The first-order valence-corrected chi connectivity index (χ1v) is 5.71. The van der Waals surface area contributed by atoms with E-state index in [0.717, 1.165) is 25.7 Å². The first-order valence-electron chi connectivity index (χ1n) is 5.71. The zero-order valence-corrected chi connectivity index (χ0v) is 8.98. The number of aliphatic hydroxyl groups excluding tert-OH is 2. The van der Waals surface area contributed by atoms with Crippen LogP contribution in [0.1, 0.15) is 25.7 Å². The lowest BCUT2D eigenvalue weighted by Gasteiger charge is -2.39. The van der Waals surface area contributed by atoms with E-state index in [1.54, 1.807) is 0 Å². The smallest absolute Gasteiger partial charge is 0.225 e. The van der Waals surface area contributed by atoms with Gasteiger partial charge in [0.2, 0.25) is 5.91 Å². The monoisotopic (exact) mass is 213 g/mol. The Bertz CT molecular complexity index is 236. The lowest BCUT2D eigenvalue weighted by Crippen LogP contribution is -2.46. The maximum absolute atomic E-state index is 11.7. The highest BCUT2D eigenvalue weighted by Gasteiger charge is 2.39. The highest BCUT2D eigenvalue weighted by atomic mass is 16.3. The second-order valence-electron chi connectivity index (χ2n) is 4.92. The summed E-state index contributed by atoms with van der Waals surface area (Å²) in [4.78, 5) is 13.6. The van der Waals surface area contributed by atoms with Crippen LogP contribution in [0, 0.1) is 11.3 Å². The predicted molar refractivity (Wildman–Crippen MR) is 55.1 cm³/mol. The summed E-state index contributed by atoms with van der Waals surface area (Å²) in [6, 6.07) is 0. The van der Waals surface area contributed by atoms with Gasteiger partial charge in [0.1, 0.15) is 0 Å². The van der Waals surface area contributed by atoms with Crippen molar-refractivity contribution in [1.29, 1.82) is 0 Å². The van der Waals surface area contributed by atoms with Gasteiger partial charge in [-0.1, -0.05) is 0 Å². The van der Waals surface area contributed by atoms with E-state index in [9.17, 15) is 15.0 Å². The minimum Gasteiger partial charge on any atom is -0.396 e. The van der Waals surface area contributed by atoms with Gasteiger partial charge in [-0.2, -0.15) is 0 Å². The van der Waals surface area contributed by atoms with Crippen LogP contribution in [0.3, 0.4) is 0 Å². The van der Waals surface area contributed by atoms with E-state index >= 15 is 0 Å². The van der Waals surface area contributed by atoms with Crippen LogP contribution in [0.25, 0.3) is 0 Å². The summed E-state index contributed by atoms with van der Waals surface area (Å²) in [5.74, 6) is 0.556. The molecule has 0 atom stereocenters. The average molecular weight is 213 g/mol. The highest BCUT2D eigenvalue weighted by Crippen LogP contribution is 2.35. The number of aliphatic hydroxyl groups is 2. The van der Waals surface area contributed by atoms with Crippen molar-refractivity contribution in [3.05, 3.63) is 0 Å². The van der Waals surface area contributed by atoms with Crippen LogP contribution < -0.4 is 0 Å². The molecule has 2 rings (SSSR count). The summed E-state index contributed by atoms with van der Waals surface area (Å²) in [5.41, 5.74) is -0.347. The summed E-state index contributed by atoms with van der Waals surface area (Å²) in [5, 5.41) is 18.4. The Morgan fingerprint density at radius 1 is 1.20 bits per heavy atom. The minimum atomic E-state index is -0.347. The molecule has 2 fully saturated rings. The Kier molecular flexibility index (Phi) is 2.98. The molecule has 15 heavy (non-hydrogen) atoms. The molecule has 86 valence electrons. The van der Waals surface area contributed by atoms with Crippen LogP contribution in [0.4, 0.5) is 0 Å². The molecule has 0 spiro atoms. The molecule has 0 aromatic carbocycles. The van der Waals surface area contributed by atoms with Crippen LogP contribution in [0.15, 0.2) is 0 Å². The average Bonchev–Trinajstić information content (AvgIpc) is 3.12. The number of hydrogen-bond acceptors (Lipinski definition) is 3. The Balaban J connectivity index is 1.87. The highest BCUT2D eigenvalue weighted by molar-refractivity contribution is 5.81. The van der Waals surface area contributed by atoms with Gasteiger partial charge in [0, 0.05) is 24.4 Å². The normalized spacial score (nSPS) is 25.3. The third-order valence-corrected chi connectivity index (χ3v) is 3.73. The molecule has 1 heterocycles. The molecule has 0 aromatic rings. The van der Waals surface area contributed by atoms with Gasteiger partial charge >= 0.3 is 0 Å². The Morgan fingerprint density at radius 3 is 2.13 bits per heavy atom. The zero-order chi connectivity index (χ0) is 10.9. The van der Waals surface area contributed by atoms with Gasteiger partial charge < -0.3 is 15.1 Å². The summed E-state index contributed by atoms with van der Waals surface area (Å²) >= 11 is 0. The van der Waals surface area contributed by atoms with E-state index in [4.69, 9.17) is 0 Å². The molecular weight excluding hydrogens is 194 g/mol. The molecule has 1 saturated heterocycles. The quantitative estimate of drug-likeness (QED) is 0.693. The number of likely N-dealkylation sites (tertiary alicyclic amines) is 1. The van der Waals surface area contributed by atoms with Crippen LogP contribution in [0.5, 0.6) is 0 Å². The number of rotatable bonds is 3. The molecule has 0 unspecified atom stereocenters. The van der Waals surface area contributed by atoms with Crippen molar-refractivity contribution in [2.24, 2.45) is 11.3 Å². The molecule has 1 amide bonds. The number of piperidine rings is 1. The van der Waals surface area contributed by atoms with Gasteiger partial charge in [-0.25, -0.2) is 0 Å². The Labute approximate surface area is 89.9 Å². The van der Waals surface area contributed by atoms with Crippen molar-refractivity contribution < 1.29 is 15.0 Å². The van der Waals surface area contributed by atoms with Crippen LogP contribution in [0.2, 0.25) is 0 Å². The molecule has 0 aromatic heterocycles. The predicted octanol–water partition coefficient (Wildman–Crippen LogP) is -0.0102. The van der Waals surface area contributed by atoms with Crippen molar-refractivity contribution in [2.75, 3.05) is 26.3 Å². The molecule has 0 bridgehead atoms. The largest absolute Gasteiger partial charge is 0.396 e. The molecule has 1 saturated carbocycles. The van der Waals surface area contributed by atoms with Crippen molar-refractivity contribution in [1.82, 2.24) is 4.90 Å². The van der Waals surface area contributed by atoms with Gasteiger partial charge in [-0.05, 0) is 25.7 Å². The molecule has 2 aliphatic rings. The van der Waals surface area contributed by atoms with E-state index in [0.29, 0.717) is 13.1 Å². The number of nitrogens with zero attached hydrogens (tertiary/aromatic N) is 1. The molecular formula is C11H19NO3. The van der Waals surface area contributed by atoms with Crippen molar-refractivity contribution in [2.45, 2.75) is 25.7 Å². The fraction of sp³-hybridized carbons (Fsp3) is 0.909. The summed E-state index contributed by atoms with van der Waals surface area (Å²) in [6.45, 7) is 1.43. The van der Waals surface area contributed by atoms with Crippen LogP contribution in [-0.2, 0) is 4.79 Å². The number of carbonyl (C=O) groups is 1. The molecule has 2 N–H and O–H groups in total. The van der Waals surface area contributed by atoms with Crippen molar-refractivity contribution in [3.8, 4) is 0 Å². The number of amides is 1. The lowest BCUT2D eigenvalue weighted by molar-refractivity contribution is -0.136. The zero-order valence-electron chi connectivity index (χ0n) is 8.98. The second kappa shape index (κ2) is 4.10. The van der Waals surface area contributed by atoms with E-state index in [1.807, 2.05) is 4.90 Å². The fourth-order valence-corrected chi connectivity index (χ4v) is 2.16. The van der Waals surface area contributed by atoms with Crippen LogP contribution >= 0.6 is 0 Å². The second-order valence-corrected chi connectivity index (χ2v) is 4.92. The maximum Gasteiger partial charge on any atom is 0.225 e. The van der Waals surface area contributed by atoms with Crippen molar-refractivity contribution >= 4 is 5.91 Å². The molecule has 4 heteroatoms. The van der Waals surface area contributed by atoms with Gasteiger partial charge in [0.25, 0.3) is 0 Å². The molecule has 4 nitrogen and oxygen atoms in total. The first-order chi connectivity index (χ1) is 7.21. The number of carbonyl (C=O) groups excluding carboxylic acids is 1. The lowest BCUT2D eigenvalue weighted by atomic mass is 9.80. The first kappa shape index (κ1) is 10.9. The third kappa shape index (κ3) is 2.16. The standard InChI is InChI=1S/C11H19NO3/c13-7-11(8-14)3-5-12(6-4-11)10(15)9-1-2-9/h9,13-14H,1-8H2. The van der Waals surface area contributed by atoms with E-state index in [-0.39, 0.29) is 30.5 Å². The van der Waals surface area contributed by atoms with Gasteiger partial charge in [0.05, 0.1) is 13.2 Å². The fourth-order valence-electron chi connectivity index (χ4n) is 2.16. The summed E-state index contributed by atoms with van der Waals surface area (Å²) in [6.07, 6.45) is 3.53. The molecule has 0 radical (unpaired) electrons. The van der Waals surface area contributed by atoms with Gasteiger partial charge in [-0.3, -0.25) is 4.79 Å². The summed E-state index contributed by atoms with van der Waals surface area (Å²) < 4.78 is 0. The Hall–Kier alpha value is -0.610. The summed E-state index contributed by atoms with van der Waals surface area (Å²) in [7, 11) is 0. The van der Waals surface area contributed by atoms with Gasteiger partial charge in [-0.15, -0.1) is 0 Å². The minimum absolute atomic E-state index is 0.0228. The van der Waals surface area contributed by atoms with E-state index < -0.39 is 0 Å². The van der Waals surface area contributed by atoms with E-state index in [2.05, 4.69) is 0 Å². The van der Waals surface area contributed by atoms with Gasteiger partial charge in [0.15, 0.2) is 0 Å². The molecule has 1 aliphatic carbocycles. The molecule has 1 aliphatic heterocycles. The van der Waals surface area contributed by atoms with Crippen LogP contribution in [-0.4, -0.2) is 47.3 Å². The SMILES string of the molecule is O=C(C1CC1)N1CCC(CO)(CO)CC1. The maximum atomic E-state index is 11.7.